The highest BCUT2D eigenvalue weighted by molar-refractivity contribution is 5.94. The van der Waals surface area contributed by atoms with Crippen molar-refractivity contribution in [3.63, 3.8) is 0 Å². The topological polar surface area (TPSA) is 61.8 Å². The van der Waals surface area contributed by atoms with Gasteiger partial charge in [-0.15, -0.1) is 0 Å². The number of hydrogen-bond donors (Lipinski definition) is 2. The Morgan fingerprint density at radius 3 is 2.42 bits per heavy atom. The van der Waals surface area contributed by atoms with Crippen LogP contribution in [0.15, 0.2) is 66.7 Å². The maximum atomic E-state index is 12.4. The number of fused-ring (bicyclic) bond motifs is 1. The highest BCUT2D eigenvalue weighted by Gasteiger charge is 2.28. The fraction of sp³-hybridized carbons (Fsp3) is 0.346. The molecule has 2 unspecified atom stereocenters. The summed E-state index contributed by atoms with van der Waals surface area (Å²) in [6, 6.07) is 21.6. The fourth-order valence-electron chi connectivity index (χ4n) is 4.34. The number of hydrogen-bond acceptors (Lipinski definition) is 4. The first-order valence-corrected chi connectivity index (χ1v) is 10.9. The predicted molar refractivity (Wildman–Crippen MR) is 123 cm³/mol. The number of amides is 1. The predicted octanol–water partition coefficient (Wildman–Crippen LogP) is 4.16. The number of piperidine rings is 1. The van der Waals surface area contributed by atoms with Gasteiger partial charge in [0.25, 0.3) is 5.91 Å². The van der Waals surface area contributed by atoms with Gasteiger partial charge in [0.05, 0.1) is 13.2 Å². The fourth-order valence-corrected chi connectivity index (χ4v) is 4.34. The van der Waals surface area contributed by atoms with E-state index in [1.807, 2.05) is 60.7 Å². The van der Waals surface area contributed by atoms with Gasteiger partial charge in [-0.1, -0.05) is 36.4 Å². The van der Waals surface area contributed by atoms with Gasteiger partial charge in [-0.25, -0.2) is 0 Å². The normalized spacial score (nSPS) is 17.3. The Balaban J connectivity index is 1.35. The molecule has 5 heteroatoms. The van der Waals surface area contributed by atoms with Gasteiger partial charge in [-0.3, -0.25) is 9.69 Å². The Morgan fingerprint density at radius 2 is 1.71 bits per heavy atom. The molecule has 4 rings (SSSR count). The van der Waals surface area contributed by atoms with Crippen molar-refractivity contribution in [3.8, 4) is 5.75 Å². The zero-order valence-electron chi connectivity index (χ0n) is 18.1. The number of rotatable bonds is 6. The third-order valence-electron chi connectivity index (χ3n) is 6.35. The minimum atomic E-state index is -0.568. The number of ether oxygens (including phenoxy) is 1. The number of nitrogens with one attached hydrogen (secondary N) is 1. The van der Waals surface area contributed by atoms with E-state index in [-0.39, 0.29) is 18.0 Å². The maximum Gasteiger partial charge on any atom is 0.251 e. The summed E-state index contributed by atoms with van der Waals surface area (Å²) in [7, 11) is 1.66. The molecule has 3 aromatic rings. The largest absolute Gasteiger partial charge is 0.497 e. The summed E-state index contributed by atoms with van der Waals surface area (Å²) >= 11 is 0. The average Bonchev–Trinajstić information content (AvgIpc) is 2.83. The molecular weight excluding hydrogens is 388 g/mol. The highest BCUT2D eigenvalue weighted by Crippen LogP contribution is 2.28. The standard InChI is InChI=1S/C26H30N2O3/c1-18(25(29)22-9-8-21-17-24(31-2)11-10-20(21)16-22)28-14-12-23(13-15-28)27-26(30)19-6-4-3-5-7-19/h3-11,16-18,23,25,29H,12-15H2,1-2H3,(H,27,30). The van der Waals surface area contributed by atoms with E-state index < -0.39 is 6.10 Å². The van der Waals surface area contributed by atoms with Crippen LogP contribution in [0.25, 0.3) is 10.8 Å². The molecule has 0 radical (unpaired) electrons. The van der Waals surface area contributed by atoms with Crippen LogP contribution in [0, 0.1) is 0 Å². The zero-order chi connectivity index (χ0) is 21.8. The van der Waals surface area contributed by atoms with Crippen LogP contribution in [0.2, 0.25) is 0 Å². The zero-order valence-corrected chi connectivity index (χ0v) is 18.1. The van der Waals surface area contributed by atoms with Crippen LogP contribution >= 0.6 is 0 Å². The van der Waals surface area contributed by atoms with E-state index in [4.69, 9.17) is 4.74 Å². The lowest BCUT2D eigenvalue weighted by molar-refractivity contribution is 0.0409. The smallest absolute Gasteiger partial charge is 0.251 e. The highest BCUT2D eigenvalue weighted by atomic mass is 16.5. The summed E-state index contributed by atoms with van der Waals surface area (Å²) in [5.41, 5.74) is 1.62. The summed E-state index contributed by atoms with van der Waals surface area (Å²) in [6.07, 6.45) is 1.20. The average molecular weight is 419 g/mol. The number of aliphatic hydroxyl groups is 1. The molecule has 0 bridgehead atoms. The lowest BCUT2D eigenvalue weighted by Crippen LogP contribution is -2.48. The first kappa shape index (κ1) is 21.3. The van der Waals surface area contributed by atoms with Gasteiger partial charge >= 0.3 is 0 Å². The van der Waals surface area contributed by atoms with Crippen LogP contribution in [0.3, 0.4) is 0 Å². The van der Waals surface area contributed by atoms with E-state index in [0.717, 1.165) is 48.0 Å². The summed E-state index contributed by atoms with van der Waals surface area (Å²) in [4.78, 5) is 14.7. The minimum Gasteiger partial charge on any atom is -0.497 e. The van der Waals surface area contributed by atoms with E-state index in [1.54, 1.807) is 7.11 Å². The van der Waals surface area contributed by atoms with Crippen molar-refractivity contribution in [1.29, 1.82) is 0 Å². The van der Waals surface area contributed by atoms with Gasteiger partial charge in [0.2, 0.25) is 0 Å². The molecule has 31 heavy (non-hydrogen) atoms. The van der Waals surface area contributed by atoms with Crippen molar-refractivity contribution < 1.29 is 14.6 Å². The van der Waals surface area contributed by atoms with Gasteiger partial charge < -0.3 is 15.2 Å². The minimum absolute atomic E-state index is 0.00136. The SMILES string of the molecule is COc1ccc2cc(C(O)C(C)N3CCC(NC(=O)c4ccccc4)CC3)ccc2c1. The molecule has 1 fully saturated rings. The van der Waals surface area contributed by atoms with E-state index in [2.05, 4.69) is 23.2 Å². The van der Waals surface area contributed by atoms with Gasteiger partial charge in [0.1, 0.15) is 5.75 Å². The summed E-state index contributed by atoms with van der Waals surface area (Å²) in [6.45, 7) is 3.78. The molecular formula is C26H30N2O3. The number of carbonyl (C=O) groups excluding carboxylic acids is 1. The molecule has 1 aliphatic rings. The molecule has 0 aliphatic carbocycles. The van der Waals surface area contributed by atoms with E-state index in [0.29, 0.717) is 5.56 Å². The second kappa shape index (κ2) is 9.50. The molecule has 0 aromatic heterocycles. The second-order valence-corrected chi connectivity index (χ2v) is 8.31. The molecule has 1 amide bonds. The Hall–Kier alpha value is -2.89. The number of likely N-dealkylation sites (tertiary alicyclic amines) is 1. The van der Waals surface area contributed by atoms with Gasteiger partial charge in [0, 0.05) is 30.7 Å². The summed E-state index contributed by atoms with van der Waals surface area (Å²) in [5, 5.41) is 16.4. The van der Waals surface area contributed by atoms with Crippen LogP contribution < -0.4 is 10.1 Å². The Labute approximate surface area is 183 Å². The number of methoxy groups -OCH3 is 1. The molecule has 1 saturated heterocycles. The number of aliphatic hydroxyl groups excluding tert-OH is 1. The third kappa shape index (κ3) is 4.89. The first-order chi connectivity index (χ1) is 15.0. The lowest BCUT2D eigenvalue weighted by Gasteiger charge is -2.38. The molecule has 2 atom stereocenters. The molecule has 5 nitrogen and oxygen atoms in total. The van der Waals surface area contributed by atoms with Gasteiger partial charge in [0.15, 0.2) is 0 Å². The number of carbonyl (C=O) groups is 1. The molecule has 0 saturated carbocycles. The van der Waals surface area contributed by atoms with E-state index >= 15 is 0 Å². The molecule has 2 N–H and O–H groups in total. The van der Waals surface area contributed by atoms with Gasteiger partial charge in [-0.2, -0.15) is 0 Å². The van der Waals surface area contributed by atoms with Crippen molar-refractivity contribution in [3.05, 3.63) is 77.9 Å². The van der Waals surface area contributed by atoms with Gasteiger partial charge in [-0.05, 0) is 66.4 Å². The molecule has 1 aliphatic heterocycles. The van der Waals surface area contributed by atoms with E-state index in [9.17, 15) is 9.90 Å². The quantitative estimate of drug-likeness (QED) is 0.631. The maximum absolute atomic E-state index is 12.4. The summed E-state index contributed by atoms with van der Waals surface area (Å²) < 4.78 is 5.29. The van der Waals surface area contributed by atoms with Crippen LogP contribution in [-0.4, -0.2) is 48.2 Å². The van der Waals surface area contributed by atoms with Crippen molar-refractivity contribution in [2.24, 2.45) is 0 Å². The Morgan fingerprint density at radius 1 is 1.03 bits per heavy atom. The lowest BCUT2D eigenvalue weighted by atomic mass is 9.96. The third-order valence-corrected chi connectivity index (χ3v) is 6.35. The molecule has 1 heterocycles. The van der Waals surface area contributed by atoms with Crippen molar-refractivity contribution >= 4 is 16.7 Å². The van der Waals surface area contributed by atoms with Crippen LogP contribution in [0.4, 0.5) is 0 Å². The molecule has 162 valence electrons. The summed E-state index contributed by atoms with van der Waals surface area (Å²) in [5.74, 6) is 0.816. The van der Waals surface area contributed by atoms with Crippen molar-refractivity contribution in [1.82, 2.24) is 10.2 Å². The first-order valence-electron chi connectivity index (χ1n) is 10.9. The van der Waals surface area contributed by atoms with Crippen LogP contribution in [0.5, 0.6) is 5.75 Å². The van der Waals surface area contributed by atoms with Crippen molar-refractivity contribution in [2.75, 3.05) is 20.2 Å². The Kier molecular flexibility index (Phi) is 6.54. The number of benzene rings is 3. The number of nitrogens with zero attached hydrogens (tertiary/aromatic N) is 1. The van der Waals surface area contributed by atoms with Crippen molar-refractivity contribution in [2.45, 2.75) is 38.0 Å². The molecule has 0 spiro atoms. The van der Waals surface area contributed by atoms with Crippen LogP contribution in [-0.2, 0) is 0 Å². The van der Waals surface area contributed by atoms with Crippen LogP contribution in [0.1, 0.15) is 41.8 Å². The van der Waals surface area contributed by atoms with E-state index in [1.165, 1.54) is 0 Å². The Bertz CT molecular complexity index is 1030. The monoisotopic (exact) mass is 418 g/mol. The molecule has 3 aromatic carbocycles. The second-order valence-electron chi connectivity index (χ2n) is 8.31.